The standard InChI is InChI=1S/C15H14INOS/c16-13-5-3-11(4-6-13)15(18)17-8-1-2-14(17)12-7-9-19-10-12/h3-7,9-10,14H,1-2,8H2/t14-/m0/s1. The van der Waals surface area contributed by atoms with Gasteiger partial charge in [-0.05, 0) is 82.1 Å². The van der Waals surface area contributed by atoms with E-state index in [0.29, 0.717) is 0 Å². The molecule has 0 bridgehead atoms. The smallest absolute Gasteiger partial charge is 0.254 e. The molecule has 2 nitrogen and oxygen atoms in total. The number of carbonyl (C=O) groups excluding carboxylic acids is 1. The summed E-state index contributed by atoms with van der Waals surface area (Å²) in [5.74, 6) is 0.158. The molecule has 0 N–H and O–H groups in total. The Balaban J connectivity index is 1.84. The van der Waals surface area contributed by atoms with Gasteiger partial charge in [0.1, 0.15) is 0 Å². The lowest BCUT2D eigenvalue weighted by Crippen LogP contribution is -2.30. The third kappa shape index (κ3) is 2.69. The highest BCUT2D eigenvalue weighted by molar-refractivity contribution is 14.1. The molecule has 3 rings (SSSR count). The Kier molecular flexibility index (Phi) is 3.88. The highest BCUT2D eigenvalue weighted by Crippen LogP contribution is 2.34. The summed E-state index contributed by atoms with van der Waals surface area (Å²) in [5, 5.41) is 4.24. The molecule has 1 aliphatic rings. The van der Waals surface area contributed by atoms with Crippen LogP contribution in [0.5, 0.6) is 0 Å². The minimum absolute atomic E-state index is 0.158. The van der Waals surface area contributed by atoms with Gasteiger partial charge < -0.3 is 4.90 Å². The van der Waals surface area contributed by atoms with Crippen LogP contribution in [0.25, 0.3) is 0 Å². The number of likely N-dealkylation sites (tertiary alicyclic amines) is 1. The van der Waals surface area contributed by atoms with Gasteiger partial charge in [-0.25, -0.2) is 0 Å². The molecule has 0 spiro atoms. The first-order valence-electron chi connectivity index (χ1n) is 6.34. The average Bonchev–Trinajstić information content (AvgIpc) is 3.09. The monoisotopic (exact) mass is 383 g/mol. The molecule has 1 saturated heterocycles. The summed E-state index contributed by atoms with van der Waals surface area (Å²) >= 11 is 3.96. The second-order valence-electron chi connectivity index (χ2n) is 4.72. The molecule has 1 atom stereocenters. The molecule has 0 aliphatic carbocycles. The number of amides is 1. The molecular formula is C15H14INOS. The fraction of sp³-hybridized carbons (Fsp3) is 0.267. The second-order valence-corrected chi connectivity index (χ2v) is 6.75. The van der Waals surface area contributed by atoms with Crippen molar-refractivity contribution in [1.29, 1.82) is 0 Å². The maximum absolute atomic E-state index is 12.6. The maximum Gasteiger partial charge on any atom is 0.254 e. The first kappa shape index (κ1) is 13.1. The number of rotatable bonds is 2. The van der Waals surface area contributed by atoms with E-state index in [1.165, 1.54) is 5.56 Å². The van der Waals surface area contributed by atoms with Crippen molar-refractivity contribution in [2.45, 2.75) is 18.9 Å². The number of hydrogen-bond acceptors (Lipinski definition) is 2. The third-order valence-corrected chi connectivity index (χ3v) is 4.95. The number of halogens is 1. The Morgan fingerprint density at radius 1 is 1.26 bits per heavy atom. The van der Waals surface area contributed by atoms with Crippen LogP contribution >= 0.6 is 33.9 Å². The van der Waals surface area contributed by atoms with Gasteiger partial charge in [-0.3, -0.25) is 4.79 Å². The van der Waals surface area contributed by atoms with Crippen LogP contribution in [-0.4, -0.2) is 17.4 Å². The third-order valence-electron chi connectivity index (χ3n) is 3.53. The number of nitrogens with zero attached hydrogens (tertiary/aromatic N) is 1. The number of thiophene rings is 1. The number of benzene rings is 1. The molecule has 4 heteroatoms. The molecule has 1 amide bonds. The van der Waals surface area contributed by atoms with Crippen LogP contribution in [-0.2, 0) is 0 Å². The zero-order valence-electron chi connectivity index (χ0n) is 10.4. The Labute approximate surface area is 130 Å². The van der Waals surface area contributed by atoms with Gasteiger partial charge in [0, 0.05) is 15.7 Å². The molecule has 1 aromatic heterocycles. The van der Waals surface area contributed by atoms with E-state index in [1.807, 2.05) is 29.2 Å². The Bertz CT molecular complexity index is 564. The van der Waals surface area contributed by atoms with Gasteiger partial charge >= 0.3 is 0 Å². The lowest BCUT2D eigenvalue weighted by Gasteiger charge is -2.24. The van der Waals surface area contributed by atoms with Crippen molar-refractivity contribution in [2.75, 3.05) is 6.54 Å². The molecule has 1 aromatic carbocycles. The summed E-state index contributed by atoms with van der Waals surface area (Å²) in [6.07, 6.45) is 2.17. The summed E-state index contributed by atoms with van der Waals surface area (Å²) < 4.78 is 1.16. The van der Waals surface area contributed by atoms with Gasteiger partial charge in [0.15, 0.2) is 0 Å². The SMILES string of the molecule is O=C(c1ccc(I)cc1)N1CCC[C@H]1c1ccsc1. The molecule has 1 fully saturated rings. The highest BCUT2D eigenvalue weighted by Gasteiger charge is 2.30. The predicted molar refractivity (Wildman–Crippen MR) is 86.5 cm³/mol. The van der Waals surface area contributed by atoms with Crippen molar-refractivity contribution in [3.8, 4) is 0 Å². The molecular weight excluding hydrogens is 369 g/mol. The second kappa shape index (κ2) is 5.63. The Morgan fingerprint density at radius 2 is 2.05 bits per heavy atom. The van der Waals surface area contributed by atoms with Gasteiger partial charge in [-0.1, -0.05) is 0 Å². The normalized spacial score (nSPS) is 18.8. The topological polar surface area (TPSA) is 20.3 Å². The van der Waals surface area contributed by atoms with E-state index < -0.39 is 0 Å². The van der Waals surface area contributed by atoms with Gasteiger partial charge in [-0.2, -0.15) is 11.3 Å². The zero-order valence-corrected chi connectivity index (χ0v) is 13.4. The summed E-state index contributed by atoms with van der Waals surface area (Å²) in [7, 11) is 0. The Hall–Kier alpha value is -0.880. The van der Waals surface area contributed by atoms with Gasteiger partial charge in [-0.15, -0.1) is 0 Å². The number of carbonyl (C=O) groups is 1. The quantitative estimate of drug-likeness (QED) is 0.707. The first-order chi connectivity index (χ1) is 9.25. The van der Waals surface area contributed by atoms with Crippen molar-refractivity contribution < 1.29 is 4.79 Å². The molecule has 2 heterocycles. The largest absolute Gasteiger partial charge is 0.332 e. The summed E-state index contributed by atoms with van der Waals surface area (Å²) in [6.45, 7) is 0.866. The van der Waals surface area contributed by atoms with E-state index in [2.05, 4.69) is 39.4 Å². The van der Waals surface area contributed by atoms with E-state index >= 15 is 0 Å². The maximum atomic E-state index is 12.6. The van der Waals surface area contributed by atoms with E-state index in [0.717, 1.165) is 28.5 Å². The minimum Gasteiger partial charge on any atom is -0.332 e. The van der Waals surface area contributed by atoms with Gasteiger partial charge in [0.2, 0.25) is 0 Å². The van der Waals surface area contributed by atoms with Crippen LogP contribution in [0.3, 0.4) is 0 Å². The summed E-state index contributed by atoms with van der Waals surface area (Å²) in [4.78, 5) is 14.6. The minimum atomic E-state index is 0.158. The van der Waals surface area contributed by atoms with E-state index in [1.54, 1.807) is 11.3 Å². The molecule has 1 aliphatic heterocycles. The van der Waals surface area contributed by atoms with E-state index in [9.17, 15) is 4.79 Å². The molecule has 2 aromatic rings. The molecule has 0 saturated carbocycles. The first-order valence-corrected chi connectivity index (χ1v) is 8.36. The molecule has 0 unspecified atom stereocenters. The van der Waals surface area contributed by atoms with Crippen molar-refractivity contribution in [1.82, 2.24) is 4.90 Å². The van der Waals surface area contributed by atoms with Crippen molar-refractivity contribution >= 4 is 39.8 Å². The summed E-state index contributed by atoms with van der Waals surface area (Å²) in [5.41, 5.74) is 2.07. The van der Waals surface area contributed by atoms with E-state index in [-0.39, 0.29) is 11.9 Å². The highest BCUT2D eigenvalue weighted by atomic mass is 127. The van der Waals surface area contributed by atoms with Crippen LogP contribution < -0.4 is 0 Å². The molecule has 98 valence electrons. The van der Waals surface area contributed by atoms with Gasteiger partial charge in [0.25, 0.3) is 5.91 Å². The van der Waals surface area contributed by atoms with Crippen molar-refractivity contribution in [3.63, 3.8) is 0 Å². The molecule has 0 radical (unpaired) electrons. The van der Waals surface area contributed by atoms with Crippen LogP contribution in [0.2, 0.25) is 0 Å². The van der Waals surface area contributed by atoms with Crippen LogP contribution in [0.1, 0.15) is 34.8 Å². The van der Waals surface area contributed by atoms with Crippen LogP contribution in [0, 0.1) is 3.57 Å². The average molecular weight is 383 g/mol. The lowest BCUT2D eigenvalue weighted by atomic mass is 10.1. The lowest BCUT2D eigenvalue weighted by molar-refractivity contribution is 0.0736. The Morgan fingerprint density at radius 3 is 2.74 bits per heavy atom. The number of hydrogen-bond donors (Lipinski definition) is 0. The van der Waals surface area contributed by atoms with Crippen LogP contribution in [0.15, 0.2) is 41.1 Å². The van der Waals surface area contributed by atoms with Crippen molar-refractivity contribution in [3.05, 3.63) is 55.8 Å². The van der Waals surface area contributed by atoms with Gasteiger partial charge in [0.05, 0.1) is 6.04 Å². The predicted octanol–water partition coefficient (Wildman–Crippen LogP) is 4.33. The summed E-state index contributed by atoms with van der Waals surface area (Å²) in [6, 6.07) is 10.2. The fourth-order valence-electron chi connectivity index (χ4n) is 2.58. The zero-order chi connectivity index (χ0) is 13.2. The van der Waals surface area contributed by atoms with Crippen LogP contribution in [0.4, 0.5) is 0 Å². The van der Waals surface area contributed by atoms with E-state index in [4.69, 9.17) is 0 Å². The fourth-order valence-corrected chi connectivity index (χ4v) is 3.65. The molecule has 19 heavy (non-hydrogen) atoms. The van der Waals surface area contributed by atoms with Crippen molar-refractivity contribution in [2.24, 2.45) is 0 Å².